The van der Waals surface area contributed by atoms with E-state index in [1.807, 2.05) is 0 Å². The Hall–Kier alpha value is -2.89. The Labute approximate surface area is 396 Å². The van der Waals surface area contributed by atoms with Crippen LogP contribution in [0.25, 0.3) is 0 Å². The molecule has 0 aromatic carbocycles. The highest BCUT2D eigenvalue weighted by Crippen LogP contribution is 2.15. The van der Waals surface area contributed by atoms with Crippen molar-refractivity contribution in [1.82, 2.24) is 0 Å². The molecule has 0 aromatic heterocycles. The molecule has 0 rings (SSSR count). The van der Waals surface area contributed by atoms with Crippen LogP contribution in [-0.4, -0.2) is 37.2 Å². The number of ether oxygens (including phenoxy) is 3. The lowest BCUT2D eigenvalue weighted by Gasteiger charge is -2.18. The van der Waals surface area contributed by atoms with Crippen LogP contribution in [0.2, 0.25) is 0 Å². The predicted octanol–water partition coefficient (Wildman–Crippen LogP) is 18.0. The third-order valence-electron chi connectivity index (χ3n) is 11.8. The first kappa shape index (κ1) is 61.1. The van der Waals surface area contributed by atoms with Crippen LogP contribution in [0.5, 0.6) is 0 Å². The number of unbranched alkanes of at least 4 members (excludes halogenated alkanes) is 28. The minimum absolute atomic E-state index is 0.0877. The minimum Gasteiger partial charge on any atom is -0.462 e. The van der Waals surface area contributed by atoms with Crippen LogP contribution in [0.3, 0.4) is 0 Å². The summed E-state index contributed by atoms with van der Waals surface area (Å²) in [6.45, 7) is 6.51. The zero-order chi connectivity index (χ0) is 46.5. The van der Waals surface area contributed by atoms with Gasteiger partial charge < -0.3 is 14.2 Å². The molecule has 6 nitrogen and oxygen atoms in total. The Kier molecular flexibility index (Phi) is 50.4. The van der Waals surface area contributed by atoms with Crippen LogP contribution < -0.4 is 0 Å². The summed E-state index contributed by atoms with van der Waals surface area (Å²) in [5, 5.41) is 0. The lowest BCUT2D eigenvalue weighted by molar-refractivity contribution is -0.167. The molecule has 64 heavy (non-hydrogen) atoms. The van der Waals surface area contributed by atoms with E-state index < -0.39 is 6.10 Å². The van der Waals surface area contributed by atoms with E-state index >= 15 is 0 Å². The first-order valence-electron chi connectivity index (χ1n) is 27.3. The molecule has 6 heteroatoms. The molecule has 1 unspecified atom stereocenters. The van der Waals surface area contributed by atoms with Crippen molar-refractivity contribution < 1.29 is 28.6 Å². The van der Waals surface area contributed by atoms with Gasteiger partial charge in [0.05, 0.1) is 0 Å². The maximum atomic E-state index is 12.8. The molecule has 0 aliphatic carbocycles. The van der Waals surface area contributed by atoms with E-state index in [9.17, 15) is 14.4 Å². The summed E-state index contributed by atoms with van der Waals surface area (Å²) in [7, 11) is 0. The predicted molar refractivity (Wildman–Crippen MR) is 275 cm³/mol. The Morgan fingerprint density at radius 3 is 0.984 bits per heavy atom. The fourth-order valence-corrected chi connectivity index (χ4v) is 7.66. The van der Waals surface area contributed by atoms with Crippen molar-refractivity contribution in [2.45, 2.75) is 277 Å². The first-order valence-corrected chi connectivity index (χ1v) is 27.3. The van der Waals surface area contributed by atoms with Crippen LogP contribution >= 0.6 is 0 Å². The zero-order valence-electron chi connectivity index (χ0n) is 42.3. The van der Waals surface area contributed by atoms with E-state index in [1.54, 1.807) is 0 Å². The molecule has 0 aliphatic rings. The van der Waals surface area contributed by atoms with Crippen LogP contribution in [0.4, 0.5) is 0 Å². The summed E-state index contributed by atoms with van der Waals surface area (Å²) >= 11 is 0. The average molecular weight is 895 g/mol. The van der Waals surface area contributed by atoms with E-state index in [0.717, 1.165) is 96.3 Å². The van der Waals surface area contributed by atoms with Gasteiger partial charge in [0.2, 0.25) is 0 Å². The van der Waals surface area contributed by atoms with Crippen molar-refractivity contribution in [2.24, 2.45) is 0 Å². The quantitative estimate of drug-likeness (QED) is 0.0262. The summed E-state index contributed by atoms with van der Waals surface area (Å²) in [5.74, 6) is -0.920. The van der Waals surface area contributed by atoms with Crippen LogP contribution in [0.1, 0.15) is 271 Å². The first-order chi connectivity index (χ1) is 31.5. The smallest absolute Gasteiger partial charge is 0.306 e. The average Bonchev–Trinajstić information content (AvgIpc) is 3.29. The second-order valence-corrected chi connectivity index (χ2v) is 18.1. The maximum Gasteiger partial charge on any atom is 0.306 e. The molecule has 0 spiro atoms. The van der Waals surface area contributed by atoms with Gasteiger partial charge in [0, 0.05) is 19.3 Å². The fraction of sp³-hybridized carbons (Fsp3) is 0.776. The highest BCUT2D eigenvalue weighted by atomic mass is 16.6. The fourth-order valence-electron chi connectivity index (χ4n) is 7.66. The van der Waals surface area contributed by atoms with Gasteiger partial charge >= 0.3 is 17.9 Å². The van der Waals surface area contributed by atoms with Crippen LogP contribution in [0, 0.1) is 0 Å². The third-order valence-corrected chi connectivity index (χ3v) is 11.8. The van der Waals surface area contributed by atoms with Gasteiger partial charge in [-0.05, 0) is 83.5 Å². The number of rotatable bonds is 49. The number of carbonyl (C=O) groups is 3. The van der Waals surface area contributed by atoms with Gasteiger partial charge in [-0.2, -0.15) is 0 Å². The van der Waals surface area contributed by atoms with E-state index in [0.29, 0.717) is 19.3 Å². The molecule has 0 bridgehead atoms. The minimum atomic E-state index is -0.792. The molecule has 0 saturated carbocycles. The molecule has 1 atom stereocenters. The van der Waals surface area contributed by atoms with Gasteiger partial charge in [-0.25, -0.2) is 0 Å². The molecule has 0 heterocycles. The van der Waals surface area contributed by atoms with Gasteiger partial charge in [-0.3, -0.25) is 14.4 Å². The number of hydrogen-bond acceptors (Lipinski definition) is 6. The SMILES string of the molecule is CC/C=C\C/C=C\C/C=C\C/C=C\CCCCCC(=O)OC(COC(=O)CCCCCCC/C=C\CCCCCCCCCCC)COC(=O)CCCCCCCCCCCCCC. The van der Waals surface area contributed by atoms with E-state index in [-0.39, 0.29) is 31.1 Å². The van der Waals surface area contributed by atoms with E-state index in [4.69, 9.17) is 14.2 Å². The molecule has 0 N–H and O–H groups in total. The second kappa shape index (κ2) is 52.7. The maximum absolute atomic E-state index is 12.8. The largest absolute Gasteiger partial charge is 0.462 e. The number of esters is 3. The molecule has 0 saturated heterocycles. The Bertz CT molecular complexity index is 1170. The highest BCUT2D eigenvalue weighted by Gasteiger charge is 2.19. The van der Waals surface area contributed by atoms with Gasteiger partial charge in [0.25, 0.3) is 0 Å². The van der Waals surface area contributed by atoms with Gasteiger partial charge in [-0.1, -0.05) is 229 Å². The lowest BCUT2D eigenvalue weighted by atomic mass is 10.0. The van der Waals surface area contributed by atoms with Crippen molar-refractivity contribution in [2.75, 3.05) is 13.2 Å². The Morgan fingerprint density at radius 2 is 0.609 bits per heavy atom. The van der Waals surface area contributed by atoms with Crippen LogP contribution in [-0.2, 0) is 28.6 Å². The topological polar surface area (TPSA) is 78.9 Å². The van der Waals surface area contributed by atoms with Crippen molar-refractivity contribution in [3.63, 3.8) is 0 Å². The monoisotopic (exact) mass is 895 g/mol. The number of hydrogen-bond donors (Lipinski definition) is 0. The lowest BCUT2D eigenvalue weighted by Crippen LogP contribution is -2.30. The molecular formula is C58H102O6. The molecule has 0 fully saturated rings. The summed E-state index contributed by atoms with van der Waals surface area (Å²) in [5.41, 5.74) is 0. The van der Waals surface area contributed by atoms with E-state index in [2.05, 4.69) is 81.5 Å². The van der Waals surface area contributed by atoms with Crippen molar-refractivity contribution in [3.05, 3.63) is 60.8 Å². The second-order valence-electron chi connectivity index (χ2n) is 18.1. The molecule has 0 radical (unpaired) electrons. The Morgan fingerprint density at radius 1 is 0.328 bits per heavy atom. The van der Waals surface area contributed by atoms with Crippen molar-refractivity contribution in [3.8, 4) is 0 Å². The summed E-state index contributed by atoms with van der Waals surface area (Å²) in [4.78, 5) is 38.0. The summed E-state index contributed by atoms with van der Waals surface area (Å²) < 4.78 is 16.8. The van der Waals surface area contributed by atoms with Gasteiger partial charge in [0.15, 0.2) is 6.10 Å². The highest BCUT2D eigenvalue weighted by molar-refractivity contribution is 5.71. The van der Waals surface area contributed by atoms with Gasteiger partial charge in [-0.15, -0.1) is 0 Å². The molecule has 0 aromatic rings. The summed E-state index contributed by atoms with van der Waals surface area (Å²) in [6, 6.07) is 0. The number of carbonyl (C=O) groups excluding carboxylic acids is 3. The van der Waals surface area contributed by atoms with E-state index in [1.165, 1.54) is 135 Å². The standard InChI is InChI=1S/C58H102O6/c1-4-7-10-13-16-19-22-25-27-29-30-32-33-36-39-42-45-48-51-57(60)63-54-55(53-62-56(59)50-47-44-41-38-35-24-21-18-15-12-9-6-3)64-58(61)52-49-46-43-40-37-34-31-28-26-23-20-17-14-11-8-5-2/h8,11,17,20,26,28,30,32,34,37,55H,4-7,9-10,12-16,18-19,21-25,27,29,31,33,35-36,38-54H2,1-3H3/b11-8-,20-17-,28-26-,32-30-,37-34-. The molecule has 0 amide bonds. The molecule has 370 valence electrons. The Balaban J connectivity index is 4.41. The molecular weight excluding hydrogens is 793 g/mol. The summed E-state index contributed by atoms with van der Waals surface area (Å²) in [6.07, 6.45) is 64.9. The third kappa shape index (κ3) is 50.1. The van der Waals surface area contributed by atoms with Crippen LogP contribution in [0.15, 0.2) is 60.8 Å². The normalized spacial score (nSPS) is 12.5. The van der Waals surface area contributed by atoms with Crippen molar-refractivity contribution in [1.29, 1.82) is 0 Å². The van der Waals surface area contributed by atoms with Crippen molar-refractivity contribution >= 4 is 17.9 Å². The van der Waals surface area contributed by atoms with Gasteiger partial charge in [0.1, 0.15) is 13.2 Å². The number of allylic oxidation sites excluding steroid dienone is 10. The molecule has 0 aliphatic heterocycles. The zero-order valence-corrected chi connectivity index (χ0v) is 42.3.